The van der Waals surface area contributed by atoms with Crippen LogP contribution in [0.4, 0.5) is 0 Å². The molecule has 2 N–H and O–H groups in total. The minimum Gasteiger partial charge on any atom is -0.341 e. The zero-order chi connectivity index (χ0) is 12.4. The van der Waals surface area contributed by atoms with Crippen LogP contribution in [0.25, 0.3) is 11.0 Å². The number of piperidine rings is 1. The molecule has 1 atom stereocenters. The average molecular weight is 244 g/mol. The van der Waals surface area contributed by atoms with Gasteiger partial charge in [0.2, 0.25) is 0 Å². The summed E-state index contributed by atoms with van der Waals surface area (Å²) < 4.78 is 0. The molecule has 0 bridgehead atoms. The lowest BCUT2D eigenvalue weighted by atomic mass is 10.1. The summed E-state index contributed by atoms with van der Waals surface area (Å²) in [6, 6.07) is 8.84. The van der Waals surface area contributed by atoms with Gasteiger partial charge in [-0.1, -0.05) is 12.1 Å². The number of imidazole rings is 1. The summed E-state index contributed by atoms with van der Waals surface area (Å²) in [6.45, 7) is 3.22. The average Bonchev–Trinajstić information content (AvgIpc) is 2.81. The second-order valence-electron chi connectivity index (χ2n) is 5.06. The van der Waals surface area contributed by atoms with Gasteiger partial charge in [-0.15, -0.1) is 0 Å². The Morgan fingerprint density at radius 2 is 2.33 bits per heavy atom. The van der Waals surface area contributed by atoms with E-state index >= 15 is 0 Å². The lowest BCUT2D eigenvalue weighted by Crippen LogP contribution is -2.44. The second kappa shape index (κ2) is 5.08. The van der Waals surface area contributed by atoms with E-state index < -0.39 is 0 Å². The van der Waals surface area contributed by atoms with Crippen LogP contribution in [0.1, 0.15) is 18.7 Å². The largest absolute Gasteiger partial charge is 0.341 e. The number of aromatic nitrogens is 2. The summed E-state index contributed by atoms with van der Waals surface area (Å²) in [4.78, 5) is 10.5. The van der Waals surface area contributed by atoms with Gasteiger partial charge in [0.05, 0.1) is 17.6 Å². The molecule has 1 aliphatic heterocycles. The number of likely N-dealkylation sites (tertiary alicyclic amines) is 1. The van der Waals surface area contributed by atoms with Gasteiger partial charge in [0, 0.05) is 12.6 Å². The minimum absolute atomic E-state index is 0.628. The standard InChI is InChI=1S/C14H20N4/c1-15-11-5-4-8-18(9-11)10-14-16-12-6-2-3-7-13(12)17-14/h2-3,6-7,11,15H,4-5,8-10H2,1H3,(H,16,17). The van der Waals surface area contributed by atoms with E-state index in [-0.39, 0.29) is 0 Å². The summed E-state index contributed by atoms with van der Waals surface area (Å²) in [5, 5.41) is 3.37. The van der Waals surface area contributed by atoms with Crippen LogP contribution in [0.2, 0.25) is 0 Å². The molecular formula is C14H20N4. The maximum absolute atomic E-state index is 4.64. The Balaban J connectivity index is 1.71. The van der Waals surface area contributed by atoms with Gasteiger partial charge in [0.15, 0.2) is 0 Å². The number of rotatable bonds is 3. The fourth-order valence-electron chi connectivity index (χ4n) is 2.73. The number of nitrogens with zero attached hydrogens (tertiary/aromatic N) is 2. The van der Waals surface area contributed by atoms with E-state index in [2.05, 4.69) is 39.4 Å². The molecule has 18 heavy (non-hydrogen) atoms. The first-order valence-electron chi connectivity index (χ1n) is 6.68. The lowest BCUT2D eigenvalue weighted by Gasteiger charge is -2.31. The molecule has 1 aromatic heterocycles. The van der Waals surface area contributed by atoms with Crippen molar-refractivity contribution in [1.29, 1.82) is 0 Å². The normalized spacial score (nSPS) is 21.5. The predicted molar refractivity (Wildman–Crippen MR) is 73.5 cm³/mol. The van der Waals surface area contributed by atoms with Crippen molar-refractivity contribution in [3.63, 3.8) is 0 Å². The van der Waals surface area contributed by atoms with Crippen LogP contribution in [-0.2, 0) is 6.54 Å². The summed E-state index contributed by atoms with van der Waals surface area (Å²) in [5.41, 5.74) is 2.20. The molecule has 4 heteroatoms. The van der Waals surface area contributed by atoms with Crippen molar-refractivity contribution < 1.29 is 0 Å². The molecule has 3 rings (SSSR count). The number of nitrogens with one attached hydrogen (secondary N) is 2. The van der Waals surface area contributed by atoms with Gasteiger partial charge < -0.3 is 10.3 Å². The summed E-state index contributed by atoms with van der Waals surface area (Å²) in [5.74, 6) is 1.08. The molecule has 1 saturated heterocycles. The predicted octanol–water partition coefficient (Wildman–Crippen LogP) is 1.75. The van der Waals surface area contributed by atoms with E-state index in [0.717, 1.165) is 29.9 Å². The monoisotopic (exact) mass is 244 g/mol. The Bertz CT molecular complexity index is 486. The van der Waals surface area contributed by atoms with Gasteiger partial charge in [-0.25, -0.2) is 4.98 Å². The SMILES string of the molecule is CNC1CCCN(Cc2nc3ccccc3[nH]2)C1. The molecule has 1 aromatic carbocycles. The molecule has 2 heterocycles. The Labute approximate surface area is 107 Å². The molecule has 0 aliphatic carbocycles. The van der Waals surface area contributed by atoms with Gasteiger partial charge in [-0.3, -0.25) is 4.90 Å². The fourth-order valence-corrected chi connectivity index (χ4v) is 2.73. The Hall–Kier alpha value is -1.39. The number of aromatic amines is 1. The number of hydrogen-bond donors (Lipinski definition) is 2. The van der Waals surface area contributed by atoms with Crippen molar-refractivity contribution in [2.75, 3.05) is 20.1 Å². The van der Waals surface area contributed by atoms with E-state index in [1.165, 1.54) is 19.4 Å². The van der Waals surface area contributed by atoms with Crippen LogP contribution in [0.15, 0.2) is 24.3 Å². The number of likely N-dealkylation sites (N-methyl/N-ethyl adjacent to an activating group) is 1. The highest BCUT2D eigenvalue weighted by molar-refractivity contribution is 5.74. The Morgan fingerprint density at radius 3 is 3.17 bits per heavy atom. The van der Waals surface area contributed by atoms with Gasteiger partial charge in [-0.2, -0.15) is 0 Å². The van der Waals surface area contributed by atoms with Crippen molar-refractivity contribution in [3.8, 4) is 0 Å². The molecule has 0 saturated carbocycles. The number of fused-ring (bicyclic) bond motifs is 1. The first-order valence-corrected chi connectivity index (χ1v) is 6.68. The van der Waals surface area contributed by atoms with Crippen molar-refractivity contribution in [2.45, 2.75) is 25.4 Å². The molecule has 0 spiro atoms. The quantitative estimate of drug-likeness (QED) is 0.864. The number of benzene rings is 1. The molecule has 1 aliphatic rings. The molecule has 0 amide bonds. The third kappa shape index (κ3) is 2.40. The molecule has 1 unspecified atom stereocenters. The van der Waals surface area contributed by atoms with E-state index in [1.54, 1.807) is 0 Å². The zero-order valence-electron chi connectivity index (χ0n) is 10.8. The summed E-state index contributed by atoms with van der Waals surface area (Å²) in [7, 11) is 2.05. The van der Waals surface area contributed by atoms with Crippen molar-refractivity contribution >= 4 is 11.0 Å². The van der Waals surface area contributed by atoms with Gasteiger partial charge in [0.1, 0.15) is 5.82 Å². The van der Waals surface area contributed by atoms with E-state index in [1.807, 2.05) is 12.1 Å². The molecule has 2 aromatic rings. The van der Waals surface area contributed by atoms with E-state index in [0.29, 0.717) is 6.04 Å². The summed E-state index contributed by atoms with van der Waals surface area (Å²) in [6.07, 6.45) is 2.55. The van der Waals surface area contributed by atoms with Crippen LogP contribution >= 0.6 is 0 Å². The van der Waals surface area contributed by atoms with Crippen LogP contribution in [-0.4, -0.2) is 41.0 Å². The van der Waals surface area contributed by atoms with Gasteiger partial charge in [0.25, 0.3) is 0 Å². The summed E-state index contributed by atoms with van der Waals surface area (Å²) >= 11 is 0. The third-order valence-corrected chi connectivity index (χ3v) is 3.73. The molecular weight excluding hydrogens is 224 g/mol. The molecule has 96 valence electrons. The second-order valence-corrected chi connectivity index (χ2v) is 5.06. The molecule has 0 radical (unpaired) electrons. The zero-order valence-corrected chi connectivity index (χ0v) is 10.8. The number of para-hydroxylation sites is 2. The van der Waals surface area contributed by atoms with E-state index in [4.69, 9.17) is 0 Å². The van der Waals surface area contributed by atoms with E-state index in [9.17, 15) is 0 Å². The molecule has 1 fully saturated rings. The van der Waals surface area contributed by atoms with Crippen molar-refractivity contribution in [1.82, 2.24) is 20.2 Å². The number of hydrogen-bond acceptors (Lipinski definition) is 3. The first kappa shape index (κ1) is 11.7. The van der Waals surface area contributed by atoms with Crippen molar-refractivity contribution in [2.24, 2.45) is 0 Å². The maximum Gasteiger partial charge on any atom is 0.121 e. The minimum atomic E-state index is 0.628. The number of H-pyrrole nitrogens is 1. The first-order chi connectivity index (χ1) is 8.85. The maximum atomic E-state index is 4.64. The van der Waals surface area contributed by atoms with Crippen LogP contribution in [0.3, 0.4) is 0 Å². The van der Waals surface area contributed by atoms with Gasteiger partial charge in [-0.05, 0) is 38.6 Å². The fraction of sp³-hybridized carbons (Fsp3) is 0.500. The smallest absolute Gasteiger partial charge is 0.121 e. The molecule has 4 nitrogen and oxygen atoms in total. The topological polar surface area (TPSA) is 44.0 Å². The third-order valence-electron chi connectivity index (χ3n) is 3.73. The lowest BCUT2D eigenvalue weighted by molar-refractivity contribution is 0.184. The van der Waals surface area contributed by atoms with Crippen LogP contribution in [0, 0.1) is 0 Å². The van der Waals surface area contributed by atoms with Crippen LogP contribution in [0.5, 0.6) is 0 Å². The Kier molecular flexibility index (Phi) is 3.30. The van der Waals surface area contributed by atoms with Gasteiger partial charge >= 0.3 is 0 Å². The highest BCUT2D eigenvalue weighted by Gasteiger charge is 2.19. The highest BCUT2D eigenvalue weighted by atomic mass is 15.2. The van der Waals surface area contributed by atoms with Crippen LogP contribution < -0.4 is 5.32 Å². The van der Waals surface area contributed by atoms with Crippen molar-refractivity contribution in [3.05, 3.63) is 30.1 Å². The Morgan fingerprint density at radius 1 is 1.44 bits per heavy atom. The highest BCUT2D eigenvalue weighted by Crippen LogP contribution is 2.15.